The van der Waals surface area contributed by atoms with Gasteiger partial charge in [0, 0.05) is 17.6 Å². The smallest absolute Gasteiger partial charge is 0.189 e. The molecule has 120 valence electrons. The second kappa shape index (κ2) is 8.28. The number of carbonyl (C=O) groups excluding carboxylic acids is 1. The third-order valence-electron chi connectivity index (χ3n) is 3.94. The summed E-state index contributed by atoms with van der Waals surface area (Å²) < 4.78 is 0. The van der Waals surface area contributed by atoms with E-state index in [4.69, 9.17) is 4.84 Å². The highest BCUT2D eigenvalue weighted by Crippen LogP contribution is 2.33. The fourth-order valence-electron chi connectivity index (χ4n) is 2.73. The van der Waals surface area contributed by atoms with Crippen LogP contribution in [0.25, 0.3) is 5.57 Å². The van der Waals surface area contributed by atoms with Crippen molar-refractivity contribution in [3.05, 3.63) is 65.8 Å². The molecule has 1 aromatic rings. The molecule has 0 saturated carbocycles. The SMILES string of the molecule is C=CCCC/C(C/C=C\C1=C(C)C(=O)c2ccccc21)=N\OC. The molecular formula is C20H23NO2. The van der Waals surface area contributed by atoms with Crippen molar-refractivity contribution in [2.45, 2.75) is 32.6 Å². The maximum atomic E-state index is 12.2. The predicted octanol–water partition coefficient (Wildman–Crippen LogP) is 4.96. The quantitative estimate of drug-likeness (QED) is 0.294. The summed E-state index contributed by atoms with van der Waals surface area (Å²) in [6.45, 7) is 5.62. The van der Waals surface area contributed by atoms with Crippen LogP contribution in [-0.4, -0.2) is 18.6 Å². The van der Waals surface area contributed by atoms with E-state index < -0.39 is 0 Å². The van der Waals surface area contributed by atoms with E-state index in [2.05, 4.69) is 17.8 Å². The Hall–Kier alpha value is -2.42. The molecule has 0 unspecified atom stereocenters. The zero-order valence-corrected chi connectivity index (χ0v) is 13.8. The van der Waals surface area contributed by atoms with Crippen LogP contribution in [-0.2, 0) is 4.84 Å². The number of fused-ring (bicyclic) bond motifs is 1. The van der Waals surface area contributed by atoms with Crippen LogP contribution in [0.15, 0.2) is 59.8 Å². The first-order valence-electron chi connectivity index (χ1n) is 7.90. The number of ketones is 1. The zero-order valence-electron chi connectivity index (χ0n) is 13.8. The van der Waals surface area contributed by atoms with Crippen LogP contribution in [0.3, 0.4) is 0 Å². The fraction of sp³-hybridized carbons (Fsp3) is 0.300. The molecule has 1 aliphatic carbocycles. The normalized spacial score (nSPS) is 14.5. The van der Waals surface area contributed by atoms with E-state index in [0.717, 1.165) is 53.7 Å². The molecule has 1 aromatic carbocycles. The fourth-order valence-corrected chi connectivity index (χ4v) is 2.73. The second-order valence-corrected chi connectivity index (χ2v) is 5.54. The minimum atomic E-state index is 0.122. The summed E-state index contributed by atoms with van der Waals surface area (Å²) in [7, 11) is 1.57. The maximum Gasteiger partial charge on any atom is 0.189 e. The van der Waals surface area contributed by atoms with E-state index in [1.54, 1.807) is 7.11 Å². The maximum absolute atomic E-state index is 12.2. The lowest BCUT2D eigenvalue weighted by Gasteiger charge is -2.03. The van der Waals surface area contributed by atoms with Gasteiger partial charge in [0.15, 0.2) is 5.78 Å². The Morgan fingerprint density at radius 1 is 1.30 bits per heavy atom. The highest BCUT2D eigenvalue weighted by atomic mass is 16.6. The summed E-state index contributed by atoms with van der Waals surface area (Å²) in [4.78, 5) is 17.1. The third-order valence-corrected chi connectivity index (χ3v) is 3.94. The molecular weight excluding hydrogens is 286 g/mol. The number of nitrogens with zero attached hydrogens (tertiary/aromatic N) is 1. The molecule has 0 saturated heterocycles. The first kappa shape index (κ1) is 16.9. The Morgan fingerprint density at radius 3 is 2.74 bits per heavy atom. The van der Waals surface area contributed by atoms with Crippen LogP contribution in [0.1, 0.15) is 48.5 Å². The average molecular weight is 309 g/mol. The van der Waals surface area contributed by atoms with Gasteiger partial charge in [-0.1, -0.05) is 47.6 Å². The number of hydrogen-bond donors (Lipinski definition) is 0. The standard InChI is InChI=1S/C20H23NO2/c1-4-5-6-10-16(21-23-3)11-9-14-17-15(2)20(22)19-13-8-7-12-18(17)19/h4,7-9,12-14H,1,5-6,10-11H2,2-3H3/b14-9-,21-16+. The molecule has 2 rings (SSSR count). The first-order chi connectivity index (χ1) is 11.2. The number of rotatable bonds is 8. The molecule has 0 amide bonds. The number of hydrogen-bond acceptors (Lipinski definition) is 3. The van der Waals surface area contributed by atoms with Gasteiger partial charge in [-0.3, -0.25) is 4.79 Å². The summed E-state index contributed by atoms with van der Waals surface area (Å²) in [6.07, 6.45) is 9.59. The predicted molar refractivity (Wildman–Crippen MR) is 95.6 cm³/mol. The molecule has 3 heteroatoms. The molecule has 0 spiro atoms. The zero-order chi connectivity index (χ0) is 16.7. The number of Topliss-reactive ketones (excluding diaryl/α,β-unsaturated/α-hetero) is 1. The van der Waals surface area contributed by atoms with E-state index in [0.29, 0.717) is 0 Å². The van der Waals surface area contributed by atoms with Crippen molar-refractivity contribution < 1.29 is 9.63 Å². The molecule has 0 aliphatic heterocycles. The molecule has 0 aromatic heterocycles. The van der Waals surface area contributed by atoms with Crippen molar-refractivity contribution in [2.75, 3.05) is 7.11 Å². The van der Waals surface area contributed by atoms with Gasteiger partial charge < -0.3 is 4.84 Å². The van der Waals surface area contributed by atoms with E-state index in [1.165, 1.54) is 0 Å². The van der Waals surface area contributed by atoms with Crippen LogP contribution in [0.4, 0.5) is 0 Å². The second-order valence-electron chi connectivity index (χ2n) is 5.54. The van der Waals surface area contributed by atoms with Crippen molar-refractivity contribution in [1.82, 2.24) is 0 Å². The van der Waals surface area contributed by atoms with E-state index in [9.17, 15) is 4.79 Å². The van der Waals surface area contributed by atoms with Crippen LogP contribution in [0, 0.1) is 0 Å². The number of benzene rings is 1. The number of carbonyl (C=O) groups is 1. The van der Waals surface area contributed by atoms with Crippen molar-refractivity contribution in [2.24, 2.45) is 5.16 Å². The van der Waals surface area contributed by atoms with Crippen LogP contribution >= 0.6 is 0 Å². The van der Waals surface area contributed by atoms with Crippen LogP contribution in [0.5, 0.6) is 0 Å². The lowest BCUT2D eigenvalue weighted by atomic mass is 10.0. The van der Waals surface area contributed by atoms with Gasteiger partial charge >= 0.3 is 0 Å². The highest BCUT2D eigenvalue weighted by molar-refractivity contribution is 6.21. The Balaban J connectivity index is 2.09. The topological polar surface area (TPSA) is 38.7 Å². The molecule has 0 bridgehead atoms. The number of allylic oxidation sites excluding steroid dienone is 5. The average Bonchev–Trinajstić information content (AvgIpc) is 2.80. The van der Waals surface area contributed by atoms with E-state index >= 15 is 0 Å². The summed E-state index contributed by atoms with van der Waals surface area (Å²) in [5.74, 6) is 0.122. The summed E-state index contributed by atoms with van der Waals surface area (Å²) in [5, 5.41) is 4.09. The minimum absolute atomic E-state index is 0.122. The van der Waals surface area contributed by atoms with Crippen molar-refractivity contribution in [1.29, 1.82) is 0 Å². The molecule has 0 heterocycles. The first-order valence-corrected chi connectivity index (χ1v) is 7.90. The van der Waals surface area contributed by atoms with E-state index in [1.807, 2.05) is 43.3 Å². The molecule has 1 aliphatic rings. The lowest BCUT2D eigenvalue weighted by Crippen LogP contribution is -1.97. The van der Waals surface area contributed by atoms with Gasteiger partial charge in [0.25, 0.3) is 0 Å². The van der Waals surface area contributed by atoms with Crippen molar-refractivity contribution >= 4 is 17.1 Å². The molecule has 0 atom stereocenters. The summed E-state index contributed by atoms with van der Waals surface area (Å²) >= 11 is 0. The van der Waals surface area contributed by atoms with Gasteiger partial charge in [0.1, 0.15) is 7.11 Å². The van der Waals surface area contributed by atoms with Gasteiger partial charge in [-0.05, 0) is 37.3 Å². The van der Waals surface area contributed by atoms with Crippen molar-refractivity contribution in [3.8, 4) is 0 Å². The largest absolute Gasteiger partial charge is 0.399 e. The van der Waals surface area contributed by atoms with E-state index in [-0.39, 0.29) is 5.78 Å². The van der Waals surface area contributed by atoms with Crippen molar-refractivity contribution in [3.63, 3.8) is 0 Å². The molecule has 0 fully saturated rings. The molecule has 0 radical (unpaired) electrons. The van der Waals surface area contributed by atoms with Crippen LogP contribution < -0.4 is 0 Å². The monoisotopic (exact) mass is 309 g/mol. The molecule has 3 nitrogen and oxygen atoms in total. The van der Waals surface area contributed by atoms with Gasteiger partial charge in [-0.2, -0.15) is 0 Å². The summed E-state index contributed by atoms with van der Waals surface area (Å²) in [6, 6.07) is 7.75. The Morgan fingerprint density at radius 2 is 2.04 bits per heavy atom. The van der Waals surface area contributed by atoms with Gasteiger partial charge in [-0.25, -0.2) is 0 Å². The summed E-state index contributed by atoms with van der Waals surface area (Å²) in [5.41, 5.74) is 4.62. The lowest BCUT2D eigenvalue weighted by molar-refractivity contribution is 0.103. The minimum Gasteiger partial charge on any atom is -0.399 e. The molecule has 23 heavy (non-hydrogen) atoms. The van der Waals surface area contributed by atoms with Gasteiger partial charge in [0.05, 0.1) is 5.71 Å². The Labute approximate surface area is 138 Å². The van der Waals surface area contributed by atoms with Gasteiger partial charge in [-0.15, -0.1) is 6.58 Å². The third kappa shape index (κ3) is 4.07. The van der Waals surface area contributed by atoms with Crippen LogP contribution in [0.2, 0.25) is 0 Å². The molecule has 0 N–H and O–H groups in total. The Kier molecular flexibility index (Phi) is 6.10. The highest BCUT2D eigenvalue weighted by Gasteiger charge is 2.24. The Bertz CT molecular complexity index is 681. The van der Waals surface area contributed by atoms with Gasteiger partial charge in [0.2, 0.25) is 0 Å². The number of unbranched alkanes of at least 4 members (excludes halogenated alkanes) is 1. The number of oxime groups is 1.